The molecule has 1 N–H and O–H groups in total. The fourth-order valence-corrected chi connectivity index (χ4v) is 3.42. The van der Waals surface area contributed by atoms with Gasteiger partial charge in [-0.2, -0.15) is 0 Å². The number of ether oxygens (including phenoxy) is 2. The summed E-state index contributed by atoms with van der Waals surface area (Å²) < 4.78 is 23.8. The van der Waals surface area contributed by atoms with Crippen molar-refractivity contribution in [3.8, 4) is 0 Å². The number of amides is 1. The van der Waals surface area contributed by atoms with Crippen LogP contribution in [0.4, 0.5) is 4.39 Å². The van der Waals surface area contributed by atoms with Crippen molar-refractivity contribution in [3.05, 3.63) is 64.7 Å². The molecule has 1 amide bonds. The largest absolute Gasteiger partial charge is 0.462 e. The smallest absolute Gasteiger partial charge is 0.339 e. The molecule has 0 aliphatic carbocycles. The summed E-state index contributed by atoms with van der Waals surface area (Å²) in [4.78, 5) is 31.1. The molecule has 7 nitrogen and oxygen atoms in total. The Morgan fingerprint density at radius 2 is 1.90 bits per heavy atom. The van der Waals surface area contributed by atoms with Crippen molar-refractivity contribution in [3.63, 3.8) is 0 Å². The van der Waals surface area contributed by atoms with Crippen molar-refractivity contribution in [1.29, 1.82) is 0 Å². The Balaban J connectivity index is 1.71. The van der Waals surface area contributed by atoms with Crippen LogP contribution < -0.4 is 5.32 Å². The van der Waals surface area contributed by atoms with Crippen LogP contribution in [0.15, 0.2) is 36.4 Å². The van der Waals surface area contributed by atoms with Gasteiger partial charge in [0.15, 0.2) is 0 Å². The third-order valence-electron chi connectivity index (χ3n) is 5.01. The summed E-state index contributed by atoms with van der Waals surface area (Å²) >= 11 is 0. The van der Waals surface area contributed by atoms with Crippen molar-refractivity contribution < 1.29 is 23.5 Å². The monoisotopic (exact) mass is 415 g/mol. The summed E-state index contributed by atoms with van der Waals surface area (Å²) in [6, 6.07) is 9.26. The first kappa shape index (κ1) is 21.9. The number of aryl methyl sites for hydroxylation is 1. The van der Waals surface area contributed by atoms with E-state index in [9.17, 15) is 14.0 Å². The lowest BCUT2D eigenvalue weighted by molar-refractivity contribution is 0.0162. The standard InChI is InChI=1S/C22H26FN3O4/c1-3-30-22(28)18-8-9-19(25-15(18)2)21(27)24-14-20(26-10-12-29-13-11-26)16-4-6-17(23)7-5-16/h4-9,20H,3,10-14H2,1-2H3,(H,24,27). The highest BCUT2D eigenvalue weighted by Gasteiger charge is 2.24. The quantitative estimate of drug-likeness (QED) is 0.700. The second-order valence-corrected chi connectivity index (χ2v) is 6.98. The average Bonchev–Trinajstić information content (AvgIpc) is 2.75. The predicted octanol–water partition coefficient (Wildman–Crippen LogP) is 2.51. The van der Waals surface area contributed by atoms with E-state index in [1.54, 1.807) is 32.0 Å². The number of nitrogens with zero attached hydrogens (tertiary/aromatic N) is 2. The van der Waals surface area contributed by atoms with Crippen molar-refractivity contribution >= 4 is 11.9 Å². The maximum Gasteiger partial charge on any atom is 0.339 e. The molecule has 1 saturated heterocycles. The lowest BCUT2D eigenvalue weighted by Crippen LogP contribution is -2.44. The van der Waals surface area contributed by atoms with Gasteiger partial charge in [-0.05, 0) is 43.7 Å². The molecule has 1 aromatic carbocycles. The first-order chi connectivity index (χ1) is 14.5. The van der Waals surface area contributed by atoms with E-state index in [1.807, 2.05) is 0 Å². The number of nitrogens with one attached hydrogen (secondary N) is 1. The molecule has 1 fully saturated rings. The number of pyridine rings is 1. The molecule has 160 valence electrons. The van der Waals surface area contributed by atoms with Gasteiger partial charge in [-0.1, -0.05) is 12.1 Å². The molecular weight excluding hydrogens is 389 g/mol. The molecule has 0 saturated carbocycles. The van der Waals surface area contributed by atoms with Gasteiger partial charge < -0.3 is 14.8 Å². The van der Waals surface area contributed by atoms with Gasteiger partial charge in [-0.25, -0.2) is 14.2 Å². The van der Waals surface area contributed by atoms with E-state index in [2.05, 4.69) is 15.2 Å². The van der Waals surface area contributed by atoms with Crippen LogP contribution in [0, 0.1) is 12.7 Å². The van der Waals surface area contributed by atoms with E-state index in [0.717, 1.165) is 18.7 Å². The number of halogens is 1. The SMILES string of the molecule is CCOC(=O)c1ccc(C(=O)NCC(c2ccc(F)cc2)N2CCOCC2)nc1C. The maximum absolute atomic E-state index is 13.4. The number of hydrogen-bond acceptors (Lipinski definition) is 6. The number of carbonyl (C=O) groups is 2. The zero-order valence-electron chi connectivity index (χ0n) is 17.2. The molecule has 2 aromatic rings. The second kappa shape index (κ2) is 10.3. The van der Waals surface area contributed by atoms with Crippen molar-refractivity contribution in [1.82, 2.24) is 15.2 Å². The summed E-state index contributed by atoms with van der Waals surface area (Å²) in [5.74, 6) is -1.10. The van der Waals surface area contributed by atoms with E-state index in [1.165, 1.54) is 18.2 Å². The van der Waals surface area contributed by atoms with E-state index in [4.69, 9.17) is 9.47 Å². The molecule has 0 bridgehead atoms. The molecule has 1 aliphatic heterocycles. The highest BCUT2D eigenvalue weighted by molar-refractivity contribution is 5.95. The Bertz CT molecular complexity index is 882. The van der Waals surface area contributed by atoms with Gasteiger partial charge in [0.05, 0.1) is 37.1 Å². The van der Waals surface area contributed by atoms with Gasteiger partial charge in [-0.15, -0.1) is 0 Å². The topological polar surface area (TPSA) is 80.8 Å². The van der Waals surface area contributed by atoms with Crippen LogP contribution >= 0.6 is 0 Å². The van der Waals surface area contributed by atoms with Crippen molar-refractivity contribution in [2.24, 2.45) is 0 Å². The van der Waals surface area contributed by atoms with E-state index < -0.39 is 5.97 Å². The lowest BCUT2D eigenvalue weighted by Gasteiger charge is -2.34. The number of hydrogen-bond donors (Lipinski definition) is 1. The average molecular weight is 415 g/mol. The minimum absolute atomic E-state index is 0.113. The summed E-state index contributed by atoms with van der Waals surface area (Å²) in [7, 11) is 0. The van der Waals surface area contributed by atoms with Gasteiger partial charge in [0.25, 0.3) is 5.91 Å². The fraction of sp³-hybridized carbons (Fsp3) is 0.409. The van der Waals surface area contributed by atoms with Crippen molar-refractivity contribution in [2.45, 2.75) is 19.9 Å². The van der Waals surface area contributed by atoms with Crippen molar-refractivity contribution in [2.75, 3.05) is 39.5 Å². The molecule has 0 radical (unpaired) electrons. The van der Waals surface area contributed by atoms with Crippen LogP contribution in [-0.2, 0) is 9.47 Å². The Morgan fingerprint density at radius 3 is 2.53 bits per heavy atom. The third kappa shape index (κ3) is 5.40. The van der Waals surface area contributed by atoms with Crippen LogP contribution in [-0.4, -0.2) is 61.2 Å². The minimum Gasteiger partial charge on any atom is -0.462 e. The third-order valence-corrected chi connectivity index (χ3v) is 5.01. The first-order valence-electron chi connectivity index (χ1n) is 9.99. The number of rotatable bonds is 7. The number of morpholine rings is 1. The molecule has 1 aromatic heterocycles. The zero-order valence-corrected chi connectivity index (χ0v) is 17.2. The van der Waals surface area contributed by atoms with Gasteiger partial charge in [-0.3, -0.25) is 9.69 Å². The number of carbonyl (C=O) groups excluding carboxylic acids is 2. The summed E-state index contributed by atoms with van der Waals surface area (Å²) in [6.07, 6.45) is 0. The zero-order chi connectivity index (χ0) is 21.5. The Hall–Kier alpha value is -2.84. The molecule has 8 heteroatoms. The Labute approximate surface area is 175 Å². The van der Waals surface area contributed by atoms with Crippen LogP contribution in [0.2, 0.25) is 0 Å². The molecule has 1 atom stereocenters. The van der Waals surface area contributed by atoms with Crippen LogP contribution in [0.25, 0.3) is 0 Å². The van der Waals surface area contributed by atoms with Crippen LogP contribution in [0.3, 0.4) is 0 Å². The molecule has 3 rings (SSSR count). The van der Waals surface area contributed by atoms with E-state index in [0.29, 0.717) is 31.0 Å². The lowest BCUT2D eigenvalue weighted by atomic mass is 10.0. The normalized spacial score (nSPS) is 15.4. The fourth-order valence-electron chi connectivity index (χ4n) is 3.42. The van der Waals surface area contributed by atoms with Crippen LogP contribution in [0.5, 0.6) is 0 Å². The Morgan fingerprint density at radius 1 is 1.20 bits per heavy atom. The summed E-state index contributed by atoms with van der Waals surface area (Å²) in [6.45, 7) is 6.68. The molecule has 0 spiro atoms. The first-order valence-corrected chi connectivity index (χ1v) is 9.99. The number of aromatic nitrogens is 1. The molecular formula is C22H26FN3O4. The molecule has 1 aliphatic rings. The van der Waals surface area contributed by atoms with Gasteiger partial charge in [0.1, 0.15) is 11.5 Å². The predicted molar refractivity (Wildman–Crippen MR) is 109 cm³/mol. The number of esters is 1. The van der Waals surface area contributed by atoms with Crippen LogP contribution in [0.1, 0.15) is 45.1 Å². The highest BCUT2D eigenvalue weighted by Crippen LogP contribution is 2.22. The highest BCUT2D eigenvalue weighted by atomic mass is 19.1. The summed E-state index contributed by atoms with van der Waals surface area (Å²) in [5, 5.41) is 2.92. The van der Waals surface area contributed by atoms with Gasteiger partial charge in [0, 0.05) is 19.6 Å². The van der Waals surface area contributed by atoms with Gasteiger partial charge in [0.2, 0.25) is 0 Å². The number of benzene rings is 1. The molecule has 2 heterocycles. The maximum atomic E-state index is 13.4. The summed E-state index contributed by atoms with van der Waals surface area (Å²) in [5.41, 5.74) is 1.91. The minimum atomic E-state index is -0.460. The molecule has 30 heavy (non-hydrogen) atoms. The van der Waals surface area contributed by atoms with E-state index >= 15 is 0 Å². The van der Waals surface area contributed by atoms with E-state index in [-0.39, 0.29) is 30.1 Å². The van der Waals surface area contributed by atoms with Gasteiger partial charge >= 0.3 is 5.97 Å². The second-order valence-electron chi connectivity index (χ2n) is 6.98. The Kier molecular flexibility index (Phi) is 7.48. The molecule has 1 unspecified atom stereocenters.